The molecule has 1 aromatic heterocycles. The van der Waals surface area contributed by atoms with Crippen molar-refractivity contribution in [3.63, 3.8) is 0 Å². The molecule has 1 saturated heterocycles. The van der Waals surface area contributed by atoms with Gasteiger partial charge in [-0.05, 0) is 31.4 Å². The van der Waals surface area contributed by atoms with Gasteiger partial charge >= 0.3 is 0 Å². The molecule has 0 spiro atoms. The normalized spacial score (nSPS) is 24.4. The van der Waals surface area contributed by atoms with Gasteiger partial charge in [0.2, 0.25) is 0 Å². The Hall–Kier alpha value is -0.640. The average molecular weight is 279 g/mol. The number of rotatable bonds is 4. The van der Waals surface area contributed by atoms with E-state index in [1.54, 1.807) is 0 Å². The summed E-state index contributed by atoms with van der Waals surface area (Å²) in [5, 5.41) is 0. The molecule has 2 N–H and O–H groups in total. The topological polar surface area (TPSA) is 43.8 Å². The van der Waals surface area contributed by atoms with Crippen LogP contribution in [-0.4, -0.2) is 21.1 Å². The quantitative estimate of drug-likeness (QED) is 0.912. The molecule has 1 aliphatic carbocycles. The molecule has 106 valence electrons. The number of nitrogen functional groups attached to an aromatic ring is 1. The minimum absolute atomic E-state index is 0.600. The summed E-state index contributed by atoms with van der Waals surface area (Å²) in [6.45, 7) is 3.26. The smallest absolute Gasteiger partial charge is 0.127 e. The maximum Gasteiger partial charge on any atom is 0.127 e. The highest BCUT2D eigenvalue weighted by atomic mass is 32.2. The molecule has 2 fully saturated rings. The predicted molar refractivity (Wildman–Crippen MR) is 82.8 cm³/mol. The van der Waals surface area contributed by atoms with Crippen LogP contribution in [0.1, 0.15) is 68.8 Å². The second-order valence-electron chi connectivity index (χ2n) is 5.93. The highest BCUT2D eigenvalue weighted by Gasteiger charge is 2.29. The third-order valence-electron chi connectivity index (χ3n) is 4.55. The minimum Gasteiger partial charge on any atom is -0.384 e. The molecule has 0 bridgehead atoms. The van der Waals surface area contributed by atoms with E-state index in [0.717, 1.165) is 18.8 Å². The summed E-state index contributed by atoms with van der Waals surface area (Å²) < 4.78 is 2.33. The number of nitrogens with zero attached hydrogens (tertiary/aromatic N) is 2. The van der Waals surface area contributed by atoms with Crippen LogP contribution in [0.25, 0.3) is 0 Å². The third-order valence-corrected chi connectivity index (χ3v) is 5.71. The number of aromatic nitrogens is 2. The fourth-order valence-corrected chi connectivity index (χ4v) is 4.73. The van der Waals surface area contributed by atoms with Gasteiger partial charge in [-0.15, -0.1) is 0 Å². The molecule has 1 aromatic rings. The largest absolute Gasteiger partial charge is 0.384 e. The number of anilines is 1. The predicted octanol–water partition coefficient (Wildman–Crippen LogP) is 3.75. The van der Waals surface area contributed by atoms with E-state index in [1.165, 1.54) is 55.1 Å². The van der Waals surface area contributed by atoms with E-state index >= 15 is 0 Å². The Balaban J connectivity index is 1.94. The van der Waals surface area contributed by atoms with Crippen molar-refractivity contribution in [2.24, 2.45) is 0 Å². The van der Waals surface area contributed by atoms with Crippen molar-refractivity contribution >= 4 is 17.6 Å². The van der Waals surface area contributed by atoms with Crippen molar-refractivity contribution < 1.29 is 0 Å². The number of hydrogen-bond acceptors (Lipinski definition) is 3. The zero-order valence-electron chi connectivity index (χ0n) is 11.9. The molecular weight excluding hydrogens is 254 g/mol. The summed E-state index contributed by atoms with van der Waals surface area (Å²) in [4.78, 5) is 5.02. The molecule has 19 heavy (non-hydrogen) atoms. The van der Waals surface area contributed by atoms with Gasteiger partial charge in [-0.3, -0.25) is 0 Å². The Morgan fingerprint density at radius 2 is 2.05 bits per heavy atom. The summed E-state index contributed by atoms with van der Waals surface area (Å²) in [6, 6.07) is 0. The summed E-state index contributed by atoms with van der Waals surface area (Å²) in [6.07, 6.45) is 7.72. The summed E-state index contributed by atoms with van der Waals surface area (Å²) in [7, 11) is 0. The first kappa shape index (κ1) is 13.3. The maximum atomic E-state index is 6.43. The Kier molecular flexibility index (Phi) is 4.06. The second kappa shape index (κ2) is 5.78. The monoisotopic (exact) mass is 279 g/mol. The molecule has 1 atom stereocenters. The Morgan fingerprint density at radius 1 is 1.26 bits per heavy atom. The Morgan fingerprint density at radius 3 is 2.68 bits per heavy atom. The number of nitrogens with two attached hydrogens (primary N) is 1. The van der Waals surface area contributed by atoms with Gasteiger partial charge in [0.05, 0.1) is 5.69 Å². The lowest BCUT2D eigenvalue weighted by Gasteiger charge is -2.13. The van der Waals surface area contributed by atoms with Crippen molar-refractivity contribution in [3.05, 3.63) is 11.5 Å². The first-order valence-corrected chi connectivity index (χ1v) is 8.90. The lowest BCUT2D eigenvalue weighted by Crippen LogP contribution is -2.10. The van der Waals surface area contributed by atoms with Crippen molar-refractivity contribution in [3.8, 4) is 0 Å². The molecule has 3 nitrogen and oxygen atoms in total. The molecule has 0 amide bonds. The molecule has 0 aromatic carbocycles. The highest BCUT2D eigenvalue weighted by Crippen LogP contribution is 2.39. The van der Waals surface area contributed by atoms with E-state index < -0.39 is 0 Å². The van der Waals surface area contributed by atoms with Crippen molar-refractivity contribution in [2.45, 2.75) is 63.8 Å². The zero-order valence-corrected chi connectivity index (χ0v) is 12.7. The number of hydrogen-bond donors (Lipinski definition) is 1. The Bertz CT molecular complexity index is 429. The van der Waals surface area contributed by atoms with E-state index in [1.807, 2.05) is 11.8 Å². The zero-order chi connectivity index (χ0) is 13.2. The molecule has 1 aliphatic heterocycles. The van der Waals surface area contributed by atoms with Gasteiger partial charge in [0.1, 0.15) is 11.6 Å². The standard InChI is InChI=1S/C15H25N3S/c1-2-8-18-14(16)13(12-7-9-19-10-12)17-15(18)11-5-3-4-6-11/h11-12H,2-10,16H2,1H3. The van der Waals surface area contributed by atoms with Crippen LogP contribution in [0.3, 0.4) is 0 Å². The van der Waals surface area contributed by atoms with E-state index in [9.17, 15) is 0 Å². The molecule has 1 saturated carbocycles. The van der Waals surface area contributed by atoms with Crippen LogP contribution in [0.4, 0.5) is 5.82 Å². The molecular formula is C15H25N3S. The maximum absolute atomic E-state index is 6.43. The van der Waals surface area contributed by atoms with Crippen LogP contribution >= 0.6 is 11.8 Å². The molecule has 1 unspecified atom stereocenters. The van der Waals surface area contributed by atoms with Gasteiger partial charge < -0.3 is 10.3 Å². The fourth-order valence-electron chi connectivity index (χ4n) is 3.51. The van der Waals surface area contributed by atoms with Crippen LogP contribution in [0, 0.1) is 0 Å². The first-order valence-electron chi connectivity index (χ1n) is 7.74. The van der Waals surface area contributed by atoms with Gasteiger partial charge in [-0.2, -0.15) is 11.8 Å². The van der Waals surface area contributed by atoms with Crippen molar-refractivity contribution in [1.82, 2.24) is 9.55 Å². The first-order chi connectivity index (χ1) is 9.31. The van der Waals surface area contributed by atoms with E-state index in [2.05, 4.69) is 11.5 Å². The van der Waals surface area contributed by atoms with E-state index in [-0.39, 0.29) is 0 Å². The molecule has 4 heteroatoms. The highest BCUT2D eigenvalue weighted by molar-refractivity contribution is 7.99. The number of imidazole rings is 1. The molecule has 2 heterocycles. The van der Waals surface area contributed by atoms with Gasteiger partial charge in [-0.25, -0.2) is 4.98 Å². The second-order valence-corrected chi connectivity index (χ2v) is 7.08. The molecule has 3 rings (SSSR count). The van der Waals surface area contributed by atoms with Crippen molar-refractivity contribution in [2.75, 3.05) is 17.2 Å². The van der Waals surface area contributed by atoms with Crippen LogP contribution in [0.5, 0.6) is 0 Å². The summed E-state index contributed by atoms with van der Waals surface area (Å²) in [5.41, 5.74) is 7.64. The van der Waals surface area contributed by atoms with Gasteiger partial charge in [-0.1, -0.05) is 19.8 Å². The van der Waals surface area contributed by atoms with Crippen LogP contribution in [0.2, 0.25) is 0 Å². The third kappa shape index (κ3) is 2.51. The van der Waals surface area contributed by atoms with E-state index in [4.69, 9.17) is 10.7 Å². The van der Waals surface area contributed by atoms with Gasteiger partial charge in [0.15, 0.2) is 0 Å². The van der Waals surface area contributed by atoms with Gasteiger partial charge in [0.25, 0.3) is 0 Å². The lowest BCUT2D eigenvalue weighted by atomic mass is 10.1. The SMILES string of the molecule is CCCn1c(C2CCCC2)nc(C2CCSC2)c1N. The fraction of sp³-hybridized carbons (Fsp3) is 0.800. The van der Waals surface area contributed by atoms with Crippen molar-refractivity contribution in [1.29, 1.82) is 0 Å². The molecule has 0 radical (unpaired) electrons. The van der Waals surface area contributed by atoms with Crippen LogP contribution in [-0.2, 0) is 6.54 Å². The lowest BCUT2D eigenvalue weighted by molar-refractivity contribution is 0.578. The van der Waals surface area contributed by atoms with Crippen LogP contribution < -0.4 is 5.73 Å². The Labute approximate surface area is 120 Å². The molecule has 2 aliphatic rings. The van der Waals surface area contributed by atoms with Crippen LogP contribution in [0.15, 0.2) is 0 Å². The van der Waals surface area contributed by atoms with E-state index in [0.29, 0.717) is 11.8 Å². The number of thioether (sulfide) groups is 1. The summed E-state index contributed by atoms with van der Waals surface area (Å²) in [5.74, 6) is 6.00. The average Bonchev–Trinajstić information content (AvgIpc) is 3.11. The van der Waals surface area contributed by atoms with Gasteiger partial charge in [0, 0.05) is 24.1 Å². The minimum atomic E-state index is 0.600. The summed E-state index contributed by atoms with van der Waals surface area (Å²) >= 11 is 2.04.